The normalized spacial score (nSPS) is 9.45. The summed E-state index contributed by atoms with van der Waals surface area (Å²) >= 11 is 1.55. The van der Waals surface area contributed by atoms with E-state index >= 15 is 0 Å². The Kier molecular flexibility index (Phi) is 11.9. The third-order valence-electron chi connectivity index (χ3n) is 4.49. The minimum atomic E-state index is 0. The molecule has 158 valence electrons. The van der Waals surface area contributed by atoms with E-state index in [1.165, 1.54) is 41.4 Å². The first kappa shape index (κ1) is 27.2. The van der Waals surface area contributed by atoms with Crippen LogP contribution in [0.4, 0.5) is 0 Å². The summed E-state index contributed by atoms with van der Waals surface area (Å²) in [6, 6.07) is 36.3. The minimum Gasteiger partial charge on any atom is -1.00 e. The standard InChI is InChI=1S/C15H11.C10H9.C3H6.2ClH.Zr/c1-2-6-12(7-3-1)15-10-13-8-4-5-9-14(13)11-15;1-8-6-9-4-2-3-5-10(9)7-8;1-3-2;;;/h1-11H;2-7H,1H3;1-2H3;2*1H;/q2*-1;;;;+2/p-2. The Morgan fingerprint density at radius 3 is 1.61 bits per heavy atom. The van der Waals surface area contributed by atoms with Crippen molar-refractivity contribution in [2.24, 2.45) is 0 Å². The summed E-state index contributed by atoms with van der Waals surface area (Å²) in [6.07, 6.45) is 0. The molecule has 0 heterocycles. The van der Waals surface area contributed by atoms with Gasteiger partial charge in [0.25, 0.3) is 0 Å². The molecule has 0 amide bonds. The number of rotatable bonds is 1. The first-order valence-electron chi connectivity index (χ1n) is 9.87. The summed E-state index contributed by atoms with van der Waals surface area (Å²) in [4.78, 5) is 0. The first-order chi connectivity index (χ1) is 14.0. The quantitative estimate of drug-likeness (QED) is 0.294. The van der Waals surface area contributed by atoms with Crippen molar-refractivity contribution in [1.29, 1.82) is 0 Å². The molecule has 0 bridgehead atoms. The minimum absolute atomic E-state index is 0. The molecule has 3 heteroatoms. The number of hydrogen-bond donors (Lipinski definition) is 0. The first-order valence-corrected chi connectivity index (χ1v) is 11.1. The van der Waals surface area contributed by atoms with Crippen molar-refractivity contribution in [3.63, 3.8) is 0 Å². The molecule has 0 unspecified atom stereocenters. The van der Waals surface area contributed by atoms with Crippen LogP contribution < -0.4 is 24.8 Å². The van der Waals surface area contributed by atoms with Crippen molar-refractivity contribution in [3.8, 4) is 11.1 Å². The van der Waals surface area contributed by atoms with E-state index in [1.807, 2.05) is 6.07 Å². The Balaban J connectivity index is 0.000000263. The molecule has 0 spiro atoms. The topological polar surface area (TPSA) is 0 Å². The van der Waals surface area contributed by atoms with E-state index in [-0.39, 0.29) is 24.8 Å². The molecule has 0 saturated heterocycles. The number of hydrogen-bond acceptors (Lipinski definition) is 0. The van der Waals surface area contributed by atoms with Crippen LogP contribution in [0.5, 0.6) is 0 Å². The summed E-state index contributed by atoms with van der Waals surface area (Å²) in [5.41, 5.74) is 3.94. The SMILES string of the molecule is C[C](C)=[Zr+2].Cc1cc2ccccc2[cH-]1.[Cl-].[Cl-].c1ccc(-c2cc3ccccc3[cH-]2)cc1. The zero-order chi connectivity index (χ0) is 20.6. The molecule has 5 rings (SSSR count). The fourth-order valence-electron chi connectivity index (χ4n) is 3.25. The fourth-order valence-corrected chi connectivity index (χ4v) is 3.25. The number of fused-ring (bicyclic) bond motifs is 2. The molecular weight excluding hydrogens is 498 g/mol. The summed E-state index contributed by atoms with van der Waals surface area (Å²) in [5.74, 6) is 0. The summed E-state index contributed by atoms with van der Waals surface area (Å²) < 4.78 is 1.51. The molecule has 0 aliphatic heterocycles. The molecular formula is C28H26Cl2Zr-2. The molecule has 0 aliphatic carbocycles. The second kappa shape index (κ2) is 13.6. The van der Waals surface area contributed by atoms with Crippen molar-refractivity contribution >= 4 is 24.8 Å². The maximum absolute atomic E-state index is 2.24. The van der Waals surface area contributed by atoms with Gasteiger partial charge in [0.15, 0.2) is 0 Å². The van der Waals surface area contributed by atoms with E-state index in [2.05, 4.69) is 118 Å². The summed E-state index contributed by atoms with van der Waals surface area (Å²) in [5, 5.41) is 5.33. The smallest absolute Gasteiger partial charge is 0.0579 e. The third-order valence-corrected chi connectivity index (χ3v) is 4.49. The van der Waals surface area contributed by atoms with Gasteiger partial charge in [0.2, 0.25) is 0 Å². The molecule has 0 nitrogen and oxygen atoms in total. The van der Waals surface area contributed by atoms with Gasteiger partial charge in [-0.2, -0.15) is 6.07 Å². The molecule has 0 N–H and O–H groups in total. The van der Waals surface area contributed by atoms with Crippen LogP contribution in [0, 0.1) is 6.92 Å². The predicted octanol–water partition coefficient (Wildman–Crippen LogP) is 1.85. The molecule has 0 aliphatic rings. The van der Waals surface area contributed by atoms with Crippen molar-refractivity contribution < 1.29 is 49.0 Å². The van der Waals surface area contributed by atoms with Crippen molar-refractivity contribution in [2.75, 3.05) is 0 Å². The molecule has 5 aromatic rings. The number of aryl methyl sites for hydroxylation is 1. The second-order valence-electron chi connectivity index (χ2n) is 7.40. The van der Waals surface area contributed by atoms with Crippen LogP contribution in [0.1, 0.15) is 19.4 Å². The van der Waals surface area contributed by atoms with Crippen LogP contribution in [-0.2, 0) is 24.2 Å². The van der Waals surface area contributed by atoms with Crippen LogP contribution in [0.3, 0.4) is 0 Å². The summed E-state index contributed by atoms with van der Waals surface area (Å²) in [7, 11) is 0. The molecule has 0 atom stereocenters. The maximum Gasteiger partial charge on any atom is -0.0579 e. The molecule has 0 fully saturated rings. The van der Waals surface area contributed by atoms with Crippen molar-refractivity contribution in [2.45, 2.75) is 20.8 Å². The fraction of sp³-hybridized carbons (Fsp3) is 0.107. The maximum atomic E-state index is 2.24. The van der Waals surface area contributed by atoms with E-state index in [0.29, 0.717) is 0 Å². The Morgan fingerprint density at radius 1 is 0.645 bits per heavy atom. The largest absolute Gasteiger partial charge is 1.00 e. The second-order valence-corrected chi connectivity index (χ2v) is 9.86. The van der Waals surface area contributed by atoms with Gasteiger partial charge in [-0.05, 0) is 0 Å². The van der Waals surface area contributed by atoms with Crippen LogP contribution in [0.25, 0.3) is 32.7 Å². The monoisotopic (exact) mass is 522 g/mol. The van der Waals surface area contributed by atoms with E-state index in [4.69, 9.17) is 0 Å². The Morgan fingerprint density at radius 2 is 1.10 bits per heavy atom. The Bertz CT molecular complexity index is 1130. The van der Waals surface area contributed by atoms with Gasteiger partial charge in [-0.1, -0.05) is 67.1 Å². The van der Waals surface area contributed by atoms with Gasteiger partial charge >= 0.3 is 41.3 Å². The predicted molar refractivity (Wildman–Crippen MR) is 126 cm³/mol. The zero-order valence-electron chi connectivity index (χ0n) is 18.1. The molecule has 0 radical (unpaired) electrons. The van der Waals surface area contributed by atoms with Gasteiger partial charge in [0, 0.05) is 0 Å². The van der Waals surface area contributed by atoms with Gasteiger partial charge in [-0.3, -0.25) is 0 Å². The van der Waals surface area contributed by atoms with Gasteiger partial charge in [-0.15, -0.1) is 75.1 Å². The van der Waals surface area contributed by atoms with E-state index in [1.54, 1.807) is 24.2 Å². The van der Waals surface area contributed by atoms with Gasteiger partial charge in [-0.25, -0.2) is 0 Å². The number of benzene rings is 3. The van der Waals surface area contributed by atoms with Crippen LogP contribution in [0.2, 0.25) is 0 Å². The summed E-state index contributed by atoms with van der Waals surface area (Å²) in [6.45, 7) is 6.37. The van der Waals surface area contributed by atoms with Crippen LogP contribution in [0.15, 0.2) is 103 Å². The Hall–Kier alpha value is -1.79. The molecule has 31 heavy (non-hydrogen) atoms. The van der Waals surface area contributed by atoms with Crippen LogP contribution in [-0.4, -0.2) is 3.21 Å². The van der Waals surface area contributed by atoms with Gasteiger partial charge in [0.05, 0.1) is 0 Å². The number of halogens is 2. The third kappa shape index (κ3) is 8.34. The van der Waals surface area contributed by atoms with Gasteiger partial charge < -0.3 is 24.8 Å². The van der Waals surface area contributed by atoms with Crippen LogP contribution >= 0.6 is 0 Å². The average molecular weight is 525 g/mol. The average Bonchev–Trinajstić information content (AvgIpc) is 3.31. The van der Waals surface area contributed by atoms with Crippen molar-refractivity contribution in [3.05, 3.63) is 109 Å². The van der Waals surface area contributed by atoms with Gasteiger partial charge in [0.1, 0.15) is 0 Å². The zero-order valence-corrected chi connectivity index (χ0v) is 22.0. The molecule has 5 aromatic carbocycles. The van der Waals surface area contributed by atoms with E-state index < -0.39 is 0 Å². The van der Waals surface area contributed by atoms with Crippen molar-refractivity contribution in [1.82, 2.24) is 0 Å². The Labute approximate surface area is 213 Å². The molecule has 0 aromatic heterocycles. The molecule has 0 saturated carbocycles. The van der Waals surface area contributed by atoms with E-state index in [9.17, 15) is 0 Å². The van der Waals surface area contributed by atoms with E-state index in [0.717, 1.165) is 0 Å².